The fourth-order valence-corrected chi connectivity index (χ4v) is 1.69. The number of halogens is 1. The number of ketones is 1. The van der Waals surface area contributed by atoms with Gasteiger partial charge in [-0.3, -0.25) is 4.79 Å². The van der Waals surface area contributed by atoms with E-state index in [9.17, 15) is 4.79 Å². The third kappa shape index (κ3) is 2.99. The van der Waals surface area contributed by atoms with Gasteiger partial charge in [0.05, 0.1) is 12.7 Å². The van der Waals surface area contributed by atoms with Crippen molar-refractivity contribution in [3.8, 4) is 5.75 Å². The lowest BCUT2D eigenvalue weighted by molar-refractivity contribution is 0.0986. The largest absolute Gasteiger partial charge is 0.496 e. The molecule has 0 fully saturated rings. The van der Waals surface area contributed by atoms with Crippen LogP contribution in [0.25, 0.3) is 0 Å². The Hall–Kier alpha value is -1.02. The number of alkyl halides is 1. The molecule has 0 amide bonds. The van der Waals surface area contributed by atoms with Crippen LogP contribution in [-0.2, 0) is 0 Å². The molecule has 0 aliphatic carbocycles. The first-order valence-electron chi connectivity index (χ1n) is 5.37. The lowest BCUT2D eigenvalue weighted by atomic mass is 9.99. The Labute approximate surface area is 102 Å². The lowest BCUT2D eigenvalue weighted by Crippen LogP contribution is -2.03. The summed E-state index contributed by atoms with van der Waals surface area (Å²) in [6.07, 6.45) is 0.346. The molecule has 0 N–H and O–H groups in total. The topological polar surface area (TPSA) is 26.3 Å². The third-order valence-electron chi connectivity index (χ3n) is 2.51. The van der Waals surface area contributed by atoms with Crippen molar-refractivity contribution in [1.29, 1.82) is 0 Å². The highest BCUT2D eigenvalue weighted by molar-refractivity contribution is 6.19. The molecule has 0 aliphatic heterocycles. The summed E-state index contributed by atoms with van der Waals surface area (Å²) >= 11 is 5.56. The summed E-state index contributed by atoms with van der Waals surface area (Å²) in [6.45, 7) is 4.21. The maximum absolute atomic E-state index is 11.7. The number of hydrogen-bond acceptors (Lipinski definition) is 2. The third-order valence-corrected chi connectivity index (χ3v) is 2.70. The first-order chi connectivity index (χ1) is 7.60. The zero-order chi connectivity index (χ0) is 12.1. The first kappa shape index (κ1) is 13.0. The lowest BCUT2D eigenvalue weighted by Gasteiger charge is -2.11. The summed E-state index contributed by atoms with van der Waals surface area (Å²) in [5, 5.41) is 0. The van der Waals surface area contributed by atoms with Crippen molar-refractivity contribution in [2.24, 2.45) is 0 Å². The molecule has 1 aromatic carbocycles. The van der Waals surface area contributed by atoms with Crippen LogP contribution < -0.4 is 4.74 Å². The second kappa shape index (κ2) is 5.90. The number of methoxy groups -OCH3 is 1. The van der Waals surface area contributed by atoms with Crippen LogP contribution in [0.5, 0.6) is 5.75 Å². The van der Waals surface area contributed by atoms with Gasteiger partial charge in [-0.05, 0) is 23.6 Å². The van der Waals surface area contributed by atoms with Gasteiger partial charge in [0.25, 0.3) is 0 Å². The van der Waals surface area contributed by atoms with Crippen LogP contribution in [0.15, 0.2) is 18.2 Å². The van der Waals surface area contributed by atoms with E-state index in [1.54, 1.807) is 7.11 Å². The molecule has 0 bridgehead atoms. The molecular formula is C13H17ClO2. The molecular weight excluding hydrogens is 224 g/mol. The van der Waals surface area contributed by atoms with E-state index in [1.807, 2.05) is 18.2 Å². The van der Waals surface area contributed by atoms with E-state index < -0.39 is 0 Å². The predicted molar refractivity (Wildman–Crippen MR) is 66.8 cm³/mol. The number of hydrogen-bond donors (Lipinski definition) is 0. The average Bonchev–Trinajstić information content (AvgIpc) is 2.28. The zero-order valence-electron chi connectivity index (χ0n) is 9.92. The highest BCUT2D eigenvalue weighted by atomic mass is 35.5. The van der Waals surface area contributed by atoms with Gasteiger partial charge in [0.15, 0.2) is 5.78 Å². The van der Waals surface area contributed by atoms with Crippen LogP contribution in [0.3, 0.4) is 0 Å². The average molecular weight is 241 g/mol. The fraction of sp³-hybridized carbons (Fsp3) is 0.462. The molecule has 16 heavy (non-hydrogen) atoms. The minimum Gasteiger partial charge on any atom is -0.496 e. The molecule has 0 saturated heterocycles. The Balaban J connectivity index is 3.06. The smallest absolute Gasteiger partial charge is 0.167 e. The molecule has 2 nitrogen and oxygen atoms in total. The van der Waals surface area contributed by atoms with Gasteiger partial charge in [-0.2, -0.15) is 0 Å². The van der Waals surface area contributed by atoms with E-state index in [0.29, 0.717) is 29.5 Å². The van der Waals surface area contributed by atoms with Crippen LogP contribution in [0.1, 0.15) is 42.1 Å². The van der Waals surface area contributed by atoms with Gasteiger partial charge in [-0.1, -0.05) is 19.9 Å². The maximum atomic E-state index is 11.7. The van der Waals surface area contributed by atoms with Crippen LogP contribution in [0.2, 0.25) is 0 Å². The van der Waals surface area contributed by atoms with Crippen molar-refractivity contribution in [2.75, 3.05) is 13.0 Å². The monoisotopic (exact) mass is 240 g/mol. The Bertz CT molecular complexity index is 372. The van der Waals surface area contributed by atoms with E-state index in [-0.39, 0.29) is 5.78 Å². The van der Waals surface area contributed by atoms with Crippen molar-refractivity contribution < 1.29 is 9.53 Å². The molecule has 0 aliphatic rings. The Morgan fingerprint density at radius 1 is 1.44 bits per heavy atom. The van der Waals surface area contributed by atoms with E-state index in [2.05, 4.69) is 13.8 Å². The molecule has 0 saturated carbocycles. The van der Waals surface area contributed by atoms with Crippen LogP contribution in [0, 0.1) is 0 Å². The quantitative estimate of drug-likeness (QED) is 0.580. The highest BCUT2D eigenvalue weighted by Gasteiger charge is 2.13. The molecule has 0 aromatic heterocycles. The number of Topliss-reactive ketones (excluding diaryl/α,β-unsaturated/α-hetero) is 1. The second-order valence-corrected chi connectivity index (χ2v) is 4.35. The standard InChI is InChI=1S/C13H17ClO2/c1-9(2)10-4-5-11(12(15)6-7-14)13(8-10)16-3/h4-5,8-9H,6-7H2,1-3H3. The van der Waals surface area contributed by atoms with E-state index in [1.165, 1.54) is 5.56 Å². The molecule has 0 atom stereocenters. The van der Waals surface area contributed by atoms with Gasteiger partial charge in [0, 0.05) is 12.3 Å². The first-order valence-corrected chi connectivity index (χ1v) is 5.90. The molecule has 0 radical (unpaired) electrons. The van der Waals surface area contributed by atoms with Crippen molar-refractivity contribution >= 4 is 17.4 Å². The number of carbonyl (C=O) groups is 1. The summed E-state index contributed by atoms with van der Waals surface area (Å²) in [4.78, 5) is 11.7. The van der Waals surface area contributed by atoms with Gasteiger partial charge in [0.1, 0.15) is 5.75 Å². The van der Waals surface area contributed by atoms with E-state index in [4.69, 9.17) is 16.3 Å². The molecule has 0 spiro atoms. The SMILES string of the molecule is COc1cc(C(C)C)ccc1C(=O)CCCl. The minimum atomic E-state index is 0.0298. The molecule has 0 unspecified atom stereocenters. The van der Waals surface area contributed by atoms with Crippen molar-refractivity contribution in [3.63, 3.8) is 0 Å². The summed E-state index contributed by atoms with van der Waals surface area (Å²) in [5.74, 6) is 1.43. The summed E-state index contributed by atoms with van der Waals surface area (Å²) in [5.41, 5.74) is 1.78. The predicted octanol–water partition coefficient (Wildman–Crippen LogP) is 3.63. The Morgan fingerprint density at radius 3 is 2.62 bits per heavy atom. The Kier molecular flexibility index (Phi) is 4.81. The van der Waals surface area contributed by atoms with E-state index in [0.717, 1.165) is 0 Å². The fourth-order valence-electron chi connectivity index (χ4n) is 1.52. The minimum absolute atomic E-state index is 0.0298. The highest BCUT2D eigenvalue weighted by Crippen LogP contribution is 2.25. The second-order valence-electron chi connectivity index (χ2n) is 3.98. The molecule has 1 aromatic rings. The molecule has 3 heteroatoms. The Morgan fingerprint density at radius 2 is 2.12 bits per heavy atom. The van der Waals surface area contributed by atoms with Crippen molar-refractivity contribution in [2.45, 2.75) is 26.2 Å². The van der Waals surface area contributed by atoms with Crippen molar-refractivity contribution in [1.82, 2.24) is 0 Å². The van der Waals surface area contributed by atoms with E-state index >= 15 is 0 Å². The summed E-state index contributed by atoms with van der Waals surface area (Å²) in [6, 6.07) is 5.71. The molecule has 0 heterocycles. The zero-order valence-corrected chi connectivity index (χ0v) is 10.7. The summed E-state index contributed by atoms with van der Waals surface area (Å²) in [7, 11) is 1.58. The van der Waals surface area contributed by atoms with Crippen molar-refractivity contribution in [3.05, 3.63) is 29.3 Å². The van der Waals surface area contributed by atoms with Gasteiger partial charge >= 0.3 is 0 Å². The van der Waals surface area contributed by atoms with Crippen LogP contribution >= 0.6 is 11.6 Å². The molecule has 88 valence electrons. The van der Waals surface area contributed by atoms with Gasteiger partial charge < -0.3 is 4.74 Å². The number of benzene rings is 1. The van der Waals surface area contributed by atoms with Crippen LogP contribution in [0.4, 0.5) is 0 Å². The number of carbonyl (C=O) groups excluding carboxylic acids is 1. The summed E-state index contributed by atoms with van der Waals surface area (Å²) < 4.78 is 5.24. The van der Waals surface area contributed by atoms with Gasteiger partial charge in [-0.25, -0.2) is 0 Å². The van der Waals surface area contributed by atoms with Gasteiger partial charge in [-0.15, -0.1) is 11.6 Å². The maximum Gasteiger partial charge on any atom is 0.167 e. The number of rotatable bonds is 5. The normalized spacial score (nSPS) is 10.6. The number of ether oxygens (including phenoxy) is 1. The van der Waals surface area contributed by atoms with Crippen LogP contribution in [-0.4, -0.2) is 18.8 Å². The molecule has 1 rings (SSSR count). The van der Waals surface area contributed by atoms with Gasteiger partial charge in [0.2, 0.25) is 0 Å².